The molecule has 11 heteroatoms. The first-order chi connectivity index (χ1) is 25.3. The predicted octanol–water partition coefficient (Wildman–Crippen LogP) is 7.47. The van der Waals surface area contributed by atoms with Gasteiger partial charge in [0.05, 0.1) is 22.7 Å². The van der Waals surface area contributed by atoms with Crippen LogP contribution in [-0.2, 0) is 9.84 Å². The largest absolute Gasteiger partial charge is 0.491 e. The van der Waals surface area contributed by atoms with Crippen LogP contribution in [0.3, 0.4) is 0 Å². The highest BCUT2D eigenvalue weighted by atomic mass is 32.2. The minimum absolute atomic E-state index is 0.0750. The second-order valence-corrected chi connectivity index (χ2v) is 19.0. The normalized spacial score (nSPS) is 18.8. The number of nitrogens with zero attached hydrogens (tertiary/aromatic N) is 4. The van der Waals surface area contributed by atoms with Gasteiger partial charge in [-0.1, -0.05) is 64.4 Å². The molecule has 0 unspecified atom stereocenters. The van der Waals surface area contributed by atoms with Crippen molar-refractivity contribution in [1.82, 2.24) is 14.8 Å². The Balaban J connectivity index is 1.16. The van der Waals surface area contributed by atoms with Crippen LogP contribution in [0.1, 0.15) is 103 Å². The third kappa shape index (κ3) is 9.56. The van der Waals surface area contributed by atoms with Crippen LogP contribution in [-0.4, -0.2) is 95.0 Å². The molecule has 3 aliphatic heterocycles. The molecule has 6 rings (SSSR count). The number of benzene rings is 2. The molecule has 0 atom stereocenters. The second kappa shape index (κ2) is 18.6. The molecule has 3 saturated heterocycles. The Kier molecular flexibility index (Phi) is 14.0. The Morgan fingerprint density at radius 1 is 0.827 bits per heavy atom. The molecule has 1 radical (unpaired) electrons. The monoisotopic (exact) mass is 751 g/mol. The molecule has 3 fully saturated rings. The van der Waals surface area contributed by atoms with E-state index in [4.69, 9.17) is 4.74 Å². The zero-order valence-electron chi connectivity index (χ0n) is 31.5. The summed E-state index contributed by atoms with van der Waals surface area (Å²) < 4.78 is 49.9. The average Bonchev–Trinajstić information content (AvgIpc) is 3.17. The van der Waals surface area contributed by atoms with E-state index in [0.717, 1.165) is 56.4 Å². The van der Waals surface area contributed by atoms with Crippen LogP contribution in [0.5, 0.6) is 5.75 Å². The van der Waals surface area contributed by atoms with E-state index in [1.54, 1.807) is 6.55 Å². The van der Waals surface area contributed by atoms with Crippen molar-refractivity contribution in [2.24, 2.45) is 0 Å². The lowest BCUT2D eigenvalue weighted by atomic mass is 9.95. The summed E-state index contributed by atoms with van der Waals surface area (Å²) in [7, 11) is -5.93. The molecule has 1 aromatic heterocycles. The van der Waals surface area contributed by atoms with Crippen LogP contribution < -0.4 is 14.8 Å². The quantitative estimate of drug-likeness (QED) is 0.119. The van der Waals surface area contributed by atoms with Crippen molar-refractivity contribution < 1.29 is 22.3 Å². The molecule has 8 nitrogen and oxygen atoms in total. The van der Waals surface area contributed by atoms with Crippen molar-refractivity contribution in [3.8, 4) is 5.75 Å². The van der Waals surface area contributed by atoms with Gasteiger partial charge in [-0.05, 0) is 113 Å². The summed E-state index contributed by atoms with van der Waals surface area (Å²) in [5, 5.41) is 1.51. The first-order valence-corrected chi connectivity index (χ1v) is 23.6. The number of halogens is 1. The fraction of sp³-hybridized carbons (Fsp3) is 0.634. The summed E-state index contributed by atoms with van der Waals surface area (Å²) in [4.78, 5) is 22.7. The standard InChI is InChI=1S/C41H60FN4O4SSi/c1-3-4-5-6-7-8-9-13-28-50-39-17-14-34(29-37(39)42)51(47,48)40-31-43-38-16-15-35(52(2)49)30-36(38)41(40)46-26-20-33(21-27-46)45-24-18-32(19-25-45)44-22-11-10-12-23-44/h14-17,29-33,49H,3-13,18-28H2,1-2H3. The molecule has 52 heavy (non-hydrogen) atoms. The molecule has 0 spiro atoms. The van der Waals surface area contributed by atoms with E-state index in [1.165, 1.54) is 95.6 Å². The number of likely N-dealkylation sites (tertiary alicyclic amines) is 2. The fourth-order valence-corrected chi connectivity index (χ4v) is 10.7. The van der Waals surface area contributed by atoms with E-state index < -0.39 is 24.7 Å². The maximum absolute atomic E-state index is 15.4. The summed E-state index contributed by atoms with van der Waals surface area (Å²) in [6, 6.07) is 10.8. The van der Waals surface area contributed by atoms with Gasteiger partial charge in [0.15, 0.2) is 11.6 Å². The Morgan fingerprint density at radius 2 is 1.46 bits per heavy atom. The molecule has 3 aliphatic rings. The molecule has 1 N–H and O–H groups in total. The smallest absolute Gasteiger partial charge is 0.239 e. The van der Waals surface area contributed by atoms with Crippen LogP contribution >= 0.6 is 0 Å². The van der Waals surface area contributed by atoms with Gasteiger partial charge in [0.2, 0.25) is 18.9 Å². The SMILES string of the molecule is CCCCCCCCCCOc1ccc(S(=O)(=O)c2cnc3ccc([Si](C)O)cc3c2N2CCC(N3CCC(N4CCCCC4)CC3)CC2)cc1F. The Labute approximate surface area is 313 Å². The molecule has 3 aromatic rings. The van der Waals surface area contributed by atoms with Gasteiger partial charge in [-0.25, -0.2) is 12.8 Å². The molecule has 0 bridgehead atoms. The Hall–Kier alpha value is -2.57. The Morgan fingerprint density at radius 3 is 2.12 bits per heavy atom. The first-order valence-electron chi connectivity index (χ1n) is 20.1. The summed E-state index contributed by atoms with van der Waals surface area (Å²) in [6.07, 6.45) is 19.1. The number of fused-ring (bicyclic) bond motifs is 1. The van der Waals surface area contributed by atoms with Crippen molar-refractivity contribution in [3.63, 3.8) is 0 Å². The zero-order chi connectivity index (χ0) is 36.5. The van der Waals surface area contributed by atoms with Crippen LogP contribution in [0.25, 0.3) is 10.9 Å². The third-order valence-corrected chi connectivity index (χ3v) is 14.6. The number of piperidine rings is 3. The predicted molar refractivity (Wildman–Crippen MR) is 210 cm³/mol. The molecule has 0 aliphatic carbocycles. The van der Waals surface area contributed by atoms with Gasteiger partial charge < -0.3 is 24.2 Å². The van der Waals surface area contributed by atoms with Crippen LogP contribution in [0.4, 0.5) is 10.1 Å². The number of rotatable bonds is 16. The van der Waals surface area contributed by atoms with E-state index in [-0.39, 0.29) is 15.5 Å². The summed E-state index contributed by atoms with van der Waals surface area (Å²) in [5.41, 5.74) is 1.28. The summed E-state index contributed by atoms with van der Waals surface area (Å²) in [5.74, 6) is -0.604. The molecule has 0 amide bonds. The minimum atomic E-state index is -4.14. The molecule has 0 saturated carbocycles. The maximum atomic E-state index is 15.4. The van der Waals surface area contributed by atoms with Crippen molar-refractivity contribution >= 4 is 40.7 Å². The zero-order valence-corrected chi connectivity index (χ0v) is 33.3. The number of anilines is 1. The number of sulfone groups is 1. The third-order valence-electron chi connectivity index (χ3n) is 11.7. The Bertz CT molecular complexity index is 1700. The van der Waals surface area contributed by atoms with Gasteiger partial charge in [-0.2, -0.15) is 0 Å². The summed E-state index contributed by atoms with van der Waals surface area (Å²) >= 11 is 0. The van der Waals surface area contributed by atoms with Crippen molar-refractivity contribution in [3.05, 3.63) is 48.4 Å². The fourth-order valence-electron chi connectivity index (χ4n) is 8.57. The number of hydrogen-bond acceptors (Lipinski definition) is 8. The number of hydrogen-bond donors (Lipinski definition) is 1. The van der Waals surface area contributed by atoms with Gasteiger partial charge in [-0.15, -0.1) is 0 Å². The van der Waals surface area contributed by atoms with Gasteiger partial charge in [0.1, 0.15) is 4.90 Å². The molecule has 2 aromatic carbocycles. The molecule has 4 heterocycles. The highest BCUT2D eigenvalue weighted by Crippen LogP contribution is 2.38. The first kappa shape index (κ1) is 39.1. The van der Waals surface area contributed by atoms with E-state index >= 15 is 4.39 Å². The minimum Gasteiger partial charge on any atom is -0.491 e. The summed E-state index contributed by atoms with van der Waals surface area (Å²) in [6.45, 7) is 10.6. The molecular weight excluding hydrogens is 692 g/mol. The van der Waals surface area contributed by atoms with Crippen LogP contribution in [0.2, 0.25) is 6.55 Å². The topological polar surface area (TPSA) is 86.2 Å². The highest BCUT2D eigenvalue weighted by molar-refractivity contribution is 7.91. The van der Waals surface area contributed by atoms with E-state index in [1.807, 2.05) is 18.2 Å². The van der Waals surface area contributed by atoms with Gasteiger partial charge in [0, 0.05) is 36.8 Å². The van der Waals surface area contributed by atoms with Crippen LogP contribution in [0.15, 0.2) is 52.4 Å². The van der Waals surface area contributed by atoms with Crippen molar-refractivity contribution in [1.29, 1.82) is 0 Å². The molecule has 285 valence electrons. The van der Waals surface area contributed by atoms with Crippen molar-refractivity contribution in [2.45, 2.75) is 132 Å². The second-order valence-electron chi connectivity index (χ2n) is 15.3. The van der Waals surface area contributed by atoms with Gasteiger partial charge in [0.25, 0.3) is 0 Å². The van der Waals surface area contributed by atoms with Gasteiger partial charge in [-0.3, -0.25) is 4.98 Å². The lowest BCUT2D eigenvalue weighted by molar-refractivity contribution is 0.0654. The number of aromatic nitrogens is 1. The lowest BCUT2D eigenvalue weighted by Gasteiger charge is -2.45. The van der Waals surface area contributed by atoms with E-state index in [9.17, 15) is 13.2 Å². The lowest BCUT2D eigenvalue weighted by Crippen LogP contribution is -2.52. The van der Waals surface area contributed by atoms with E-state index in [2.05, 4.69) is 26.6 Å². The number of pyridine rings is 1. The van der Waals surface area contributed by atoms with Crippen LogP contribution in [0, 0.1) is 5.82 Å². The number of unbranched alkanes of at least 4 members (excludes halogenated alkanes) is 7. The van der Waals surface area contributed by atoms with Crippen molar-refractivity contribution in [2.75, 3.05) is 50.8 Å². The average molecular weight is 752 g/mol. The van der Waals surface area contributed by atoms with E-state index in [0.29, 0.717) is 48.4 Å². The van der Waals surface area contributed by atoms with Gasteiger partial charge >= 0.3 is 0 Å². The molecular formula is C41H60FN4O4SSi. The maximum Gasteiger partial charge on any atom is 0.239 e. The highest BCUT2D eigenvalue weighted by Gasteiger charge is 2.34. The number of ether oxygens (including phenoxy) is 1.